The number of benzene rings is 1. The summed E-state index contributed by atoms with van der Waals surface area (Å²) < 4.78 is 0. The summed E-state index contributed by atoms with van der Waals surface area (Å²) in [6, 6.07) is 10.1. The molecule has 0 unspecified atom stereocenters. The summed E-state index contributed by atoms with van der Waals surface area (Å²) in [6.45, 7) is 6.77. The molecule has 1 aromatic carbocycles. The lowest BCUT2D eigenvalue weighted by molar-refractivity contribution is 0.0949. The summed E-state index contributed by atoms with van der Waals surface area (Å²) in [5.74, 6) is 0.655. The molecule has 2 aromatic rings. The van der Waals surface area contributed by atoms with Crippen LogP contribution in [0.5, 0.6) is 0 Å². The molecule has 0 aliphatic carbocycles. The third-order valence-electron chi connectivity index (χ3n) is 3.72. The third-order valence-corrected chi connectivity index (χ3v) is 3.72. The second-order valence-corrected chi connectivity index (χ2v) is 5.74. The SMILES string of the molecule is CCCN(CCC)c1cnc(C(=O)NCCc2ccccc2)cn1. The quantitative estimate of drug-likeness (QED) is 0.769. The Morgan fingerprint density at radius 3 is 2.33 bits per heavy atom. The minimum atomic E-state index is -0.178. The largest absolute Gasteiger partial charge is 0.355 e. The number of hydrogen-bond acceptors (Lipinski definition) is 4. The second kappa shape index (κ2) is 9.65. The number of carbonyl (C=O) groups is 1. The predicted octanol–water partition coefficient (Wildman–Crippen LogP) is 3.08. The van der Waals surface area contributed by atoms with Gasteiger partial charge >= 0.3 is 0 Å². The first-order valence-corrected chi connectivity index (χ1v) is 8.63. The maximum Gasteiger partial charge on any atom is 0.271 e. The van der Waals surface area contributed by atoms with Crippen molar-refractivity contribution in [2.24, 2.45) is 0 Å². The van der Waals surface area contributed by atoms with Crippen molar-refractivity contribution < 1.29 is 4.79 Å². The second-order valence-electron chi connectivity index (χ2n) is 5.74. The van der Waals surface area contributed by atoms with E-state index in [0.717, 1.165) is 38.2 Å². The van der Waals surface area contributed by atoms with Gasteiger partial charge in [-0.3, -0.25) is 4.79 Å². The number of rotatable bonds is 9. The molecular weight excluding hydrogens is 300 g/mol. The number of carbonyl (C=O) groups excluding carboxylic acids is 1. The Bertz CT molecular complexity index is 607. The smallest absolute Gasteiger partial charge is 0.271 e. The molecule has 128 valence electrons. The normalized spacial score (nSPS) is 10.4. The standard InChI is InChI=1S/C19H26N4O/c1-3-12-23(13-4-2)18-15-21-17(14-22-18)19(24)20-11-10-16-8-6-5-7-9-16/h5-9,14-15H,3-4,10-13H2,1-2H3,(H,20,24). The minimum Gasteiger partial charge on any atom is -0.355 e. The Hall–Kier alpha value is -2.43. The molecule has 0 radical (unpaired) electrons. The van der Waals surface area contributed by atoms with Gasteiger partial charge in [-0.25, -0.2) is 9.97 Å². The number of aromatic nitrogens is 2. The lowest BCUT2D eigenvalue weighted by Crippen LogP contribution is -2.28. The zero-order chi connectivity index (χ0) is 17.2. The fraction of sp³-hybridized carbons (Fsp3) is 0.421. The number of anilines is 1. The lowest BCUT2D eigenvalue weighted by Gasteiger charge is -2.22. The lowest BCUT2D eigenvalue weighted by atomic mass is 10.1. The summed E-state index contributed by atoms with van der Waals surface area (Å²) in [6.07, 6.45) is 6.18. The van der Waals surface area contributed by atoms with Crippen LogP contribution < -0.4 is 10.2 Å². The molecule has 24 heavy (non-hydrogen) atoms. The molecule has 0 spiro atoms. The van der Waals surface area contributed by atoms with Crippen molar-refractivity contribution in [3.63, 3.8) is 0 Å². The first kappa shape index (κ1) is 17.9. The third kappa shape index (κ3) is 5.33. The van der Waals surface area contributed by atoms with Crippen LogP contribution in [-0.2, 0) is 6.42 Å². The summed E-state index contributed by atoms with van der Waals surface area (Å²) in [7, 11) is 0. The van der Waals surface area contributed by atoms with Gasteiger partial charge in [0.15, 0.2) is 0 Å². The number of nitrogens with zero attached hydrogens (tertiary/aromatic N) is 3. The van der Waals surface area contributed by atoms with Gasteiger partial charge in [-0.05, 0) is 24.8 Å². The summed E-state index contributed by atoms with van der Waals surface area (Å²) in [5.41, 5.74) is 1.56. The van der Waals surface area contributed by atoms with E-state index in [9.17, 15) is 4.79 Å². The van der Waals surface area contributed by atoms with Crippen LogP contribution in [0.3, 0.4) is 0 Å². The minimum absolute atomic E-state index is 0.178. The van der Waals surface area contributed by atoms with Crippen LogP contribution in [0.15, 0.2) is 42.7 Å². The Labute approximate surface area is 144 Å². The molecule has 1 amide bonds. The average molecular weight is 326 g/mol. The highest BCUT2D eigenvalue weighted by Gasteiger charge is 2.10. The van der Waals surface area contributed by atoms with E-state index < -0.39 is 0 Å². The zero-order valence-corrected chi connectivity index (χ0v) is 14.5. The number of nitrogens with one attached hydrogen (secondary N) is 1. The van der Waals surface area contributed by atoms with Gasteiger partial charge in [0.05, 0.1) is 12.4 Å². The van der Waals surface area contributed by atoms with Gasteiger partial charge in [-0.2, -0.15) is 0 Å². The molecule has 1 heterocycles. The van der Waals surface area contributed by atoms with Crippen molar-refractivity contribution in [1.29, 1.82) is 0 Å². The van der Waals surface area contributed by atoms with Gasteiger partial charge in [-0.1, -0.05) is 44.2 Å². The average Bonchev–Trinajstić information content (AvgIpc) is 2.62. The van der Waals surface area contributed by atoms with Crippen LogP contribution >= 0.6 is 0 Å². The van der Waals surface area contributed by atoms with E-state index in [-0.39, 0.29) is 5.91 Å². The van der Waals surface area contributed by atoms with E-state index >= 15 is 0 Å². The Kier molecular flexibility index (Phi) is 7.21. The van der Waals surface area contributed by atoms with E-state index in [4.69, 9.17) is 0 Å². The van der Waals surface area contributed by atoms with E-state index in [1.54, 1.807) is 12.4 Å². The number of amides is 1. The topological polar surface area (TPSA) is 58.1 Å². The fourth-order valence-electron chi connectivity index (χ4n) is 2.54. The van der Waals surface area contributed by atoms with Gasteiger partial charge in [0, 0.05) is 19.6 Å². The summed E-state index contributed by atoms with van der Waals surface area (Å²) >= 11 is 0. The summed E-state index contributed by atoms with van der Waals surface area (Å²) in [4.78, 5) is 23.0. The molecule has 1 N–H and O–H groups in total. The van der Waals surface area contributed by atoms with Crippen molar-refractivity contribution in [2.75, 3.05) is 24.5 Å². The van der Waals surface area contributed by atoms with Crippen molar-refractivity contribution in [3.05, 3.63) is 54.0 Å². The van der Waals surface area contributed by atoms with E-state index in [1.165, 1.54) is 5.56 Å². The Morgan fingerprint density at radius 2 is 1.75 bits per heavy atom. The van der Waals surface area contributed by atoms with Crippen molar-refractivity contribution in [3.8, 4) is 0 Å². The van der Waals surface area contributed by atoms with Gasteiger partial charge in [-0.15, -0.1) is 0 Å². The maximum absolute atomic E-state index is 12.1. The van der Waals surface area contributed by atoms with Gasteiger partial charge in [0.1, 0.15) is 11.5 Å². The van der Waals surface area contributed by atoms with Crippen LogP contribution in [-0.4, -0.2) is 35.5 Å². The van der Waals surface area contributed by atoms with Crippen LogP contribution in [0, 0.1) is 0 Å². The first-order chi connectivity index (χ1) is 11.7. The highest BCUT2D eigenvalue weighted by molar-refractivity contribution is 5.92. The van der Waals surface area contributed by atoms with E-state index in [1.807, 2.05) is 18.2 Å². The molecular formula is C19H26N4O. The van der Waals surface area contributed by atoms with Crippen LogP contribution in [0.2, 0.25) is 0 Å². The van der Waals surface area contributed by atoms with Gasteiger partial charge in [0.25, 0.3) is 5.91 Å². The highest BCUT2D eigenvalue weighted by atomic mass is 16.1. The molecule has 0 aliphatic rings. The van der Waals surface area contributed by atoms with Crippen LogP contribution in [0.4, 0.5) is 5.82 Å². The van der Waals surface area contributed by atoms with E-state index in [2.05, 4.69) is 46.2 Å². The molecule has 0 saturated heterocycles. The molecule has 0 saturated carbocycles. The molecule has 1 aromatic heterocycles. The van der Waals surface area contributed by atoms with Crippen molar-refractivity contribution in [1.82, 2.24) is 15.3 Å². The summed E-state index contributed by atoms with van der Waals surface area (Å²) in [5, 5.41) is 2.89. The van der Waals surface area contributed by atoms with Gasteiger partial charge in [0.2, 0.25) is 0 Å². The molecule has 5 heteroatoms. The van der Waals surface area contributed by atoms with Crippen molar-refractivity contribution in [2.45, 2.75) is 33.1 Å². The molecule has 5 nitrogen and oxygen atoms in total. The van der Waals surface area contributed by atoms with Crippen LogP contribution in [0.25, 0.3) is 0 Å². The maximum atomic E-state index is 12.1. The first-order valence-electron chi connectivity index (χ1n) is 8.63. The monoisotopic (exact) mass is 326 g/mol. The molecule has 0 fully saturated rings. The molecule has 0 atom stereocenters. The molecule has 0 bridgehead atoms. The Morgan fingerprint density at radius 1 is 1.04 bits per heavy atom. The molecule has 2 rings (SSSR count). The number of hydrogen-bond donors (Lipinski definition) is 1. The zero-order valence-electron chi connectivity index (χ0n) is 14.5. The highest BCUT2D eigenvalue weighted by Crippen LogP contribution is 2.10. The fourth-order valence-corrected chi connectivity index (χ4v) is 2.54. The van der Waals surface area contributed by atoms with Crippen molar-refractivity contribution >= 4 is 11.7 Å². The van der Waals surface area contributed by atoms with E-state index in [0.29, 0.717) is 12.2 Å². The van der Waals surface area contributed by atoms with Gasteiger partial charge < -0.3 is 10.2 Å². The Balaban J connectivity index is 1.88. The predicted molar refractivity (Wildman–Crippen MR) is 97.3 cm³/mol. The van der Waals surface area contributed by atoms with Crippen LogP contribution in [0.1, 0.15) is 42.7 Å². The molecule has 0 aliphatic heterocycles.